The number of hydrogen-bond acceptors (Lipinski definition) is 5. The van der Waals surface area contributed by atoms with Crippen molar-refractivity contribution in [1.29, 1.82) is 0 Å². The summed E-state index contributed by atoms with van der Waals surface area (Å²) < 4.78 is 6.91. The molecule has 0 fully saturated rings. The Morgan fingerprint density at radius 2 is 2.19 bits per heavy atom. The standard InChI is InChI=1S/C10H14N4O2/c1-6(7(2)15)10-12-9(13-16-10)8-4-11-5-14(8)3/h4-7,15H,1-3H3. The van der Waals surface area contributed by atoms with Gasteiger partial charge in [0.2, 0.25) is 11.7 Å². The predicted molar refractivity (Wildman–Crippen MR) is 56.6 cm³/mol. The van der Waals surface area contributed by atoms with Crippen molar-refractivity contribution < 1.29 is 9.63 Å². The van der Waals surface area contributed by atoms with Crippen molar-refractivity contribution in [1.82, 2.24) is 19.7 Å². The second-order valence-corrected chi connectivity index (χ2v) is 3.88. The van der Waals surface area contributed by atoms with Crippen LogP contribution in [0.5, 0.6) is 0 Å². The van der Waals surface area contributed by atoms with Gasteiger partial charge in [-0.05, 0) is 6.92 Å². The normalized spacial score (nSPS) is 15.0. The van der Waals surface area contributed by atoms with E-state index in [1.165, 1.54) is 0 Å². The second kappa shape index (κ2) is 4.05. The van der Waals surface area contributed by atoms with E-state index in [9.17, 15) is 5.11 Å². The van der Waals surface area contributed by atoms with Gasteiger partial charge in [-0.2, -0.15) is 4.98 Å². The lowest BCUT2D eigenvalue weighted by Crippen LogP contribution is -2.11. The predicted octanol–water partition coefficient (Wildman–Crippen LogP) is 0.954. The van der Waals surface area contributed by atoms with Gasteiger partial charge in [0.1, 0.15) is 5.69 Å². The highest BCUT2D eigenvalue weighted by molar-refractivity contribution is 5.47. The van der Waals surface area contributed by atoms with E-state index < -0.39 is 6.10 Å². The number of nitrogens with zero attached hydrogens (tertiary/aromatic N) is 4. The van der Waals surface area contributed by atoms with Gasteiger partial charge in [0, 0.05) is 7.05 Å². The summed E-state index contributed by atoms with van der Waals surface area (Å²) >= 11 is 0. The van der Waals surface area contributed by atoms with Crippen LogP contribution in [0.25, 0.3) is 11.5 Å². The third kappa shape index (κ3) is 1.83. The monoisotopic (exact) mass is 222 g/mol. The third-order valence-corrected chi connectivity index (χ3v) is 2.60. The Kier molecular flexibility index (Phi) is 2.74. The summed E-state index contributed by atoms with van der Waals surface area (Å²) in [4.78, 5) is 8.22. The van der Waals surface area contributed by atoms with Gasteiger partial charge >= 0.3 is 0 Å². The van der Waals surface area contributed by atoms with Crippen LogP contribution in [0.2, 0.25) is 0 Å². The summed E-state index contributed by atoms with van der Waals surface area (Å²) in [6.07, 6.45) is 2.82. The highest BCUT2D eigenvalue weighted by atomic mass is 16.5. The van der Waals surface area contributed by atoms with Gasteiger partial charge in [-0.3, -0.25) is 0 Å². The first kappa shape index (κ1) is 10.8. The van der Waals surface area contributed by atoms with Gasteiger partial charge in [0.15, 0.2) is 0 Å². The fourth-order valence-corrected chi connectivity index (χ4v) is 1.30. The van der Waals surface area contributed by atoms with Crippen LogP contribution in [-0.4, -0.2) is 30.9 Å². The summed E-state index contributed by atoms with van der Waals surface area (Å²) in [6, 6.07) is 0. The molecule has 0 aliphatic heterocycles. The van der Waals surface area contributed by atoms with E-state index in [-0.39, 0.29) is 5.92 Å². The number of aromatic nitrogens is 4. The number of aliphatic hydroxyl groups excluding tert-OH is 1. The van der Waals surface area contributed by atoms with Gasteiger partial charge in [0.25, 0.3) is 0 Å². The molecule has 0 aliphatic carbocycles. The van der Waals surface area contributed by atoms with Gasteiger partial charge in [-0.25, -0.2) is 4.98 Å². The Labute approximate surface area is 92.9 Å². The fraction of sp³-hybridized carbons (Fsp3) is 0.500. The summed E-state index contributed by atoms with van der Waals surface area (Å²) in [7, 11) is 1.86. The molecule has 0 saturated heterocycles. The Balaban J connectivity index is 2.30. The van der Waals surface area contributed by atoms with E-state index in [4.69, 9.17) is 4.52 Å². The van der Waals surface area contributed by atoms with Crippen molar-refractivity contribution in [3.8, 4) is 11.5 Å². The fourth-order valence-electron chi connectivity index (χ4n) is 1.30. The van der Waals surface area contributed by atoms with Gasteiger partial charge in [-0.15, -0.1) is 0 Å². The topological polar surface area (TPSA) is 77.0 Å². The lowest BCUT2D eigenvalue weighted by atomic mass is 10.1. The first-order valence-electron chi connectivity index (χ1n) is 5.08. The maximum atomic E-state index is 9.42. The first-order valence-corrected chi connectivity index (χ1v) is 5.08. The molecule has 2 unspecified atom stereocenters. The maximum absolute atomic E-state index is 9.42. The average molecular weight is 222 g/mol. The number of aryl methyl sites for hydroxylation is 1. The van der Waals surface area contributed by atoms with Crippen LogP contribution in [0.1, 0.15) is 25.7 Å². The van der Waals surface area contributed by atoms with Crippen LogP contribution in [0.4, 0.5) is 0 Å². The first-order chi connectivity index (χ1) is 7.59. The highest BCUT2D eigenvalue weighted by Gasteiger charge is 2.20. The van der Waals surface area contributed by atoms with E-state index in [1.54, 1.807) is 19.4 Å². The molecule has 86 valence electrons. The lowest BCUT2D eigenvalue weighted by molar-refractivity contribution is 0.151. The zero-order valence-corrected chi connectivity index (χ0v) is 9.45. The molecule has 0 bridgehead atoms. The molecule has 0 spiro atoms. The molecule has 2 atom stereocenters. The van der Waals surface area contributed by atoms with Crippen molar-refractivity contribution in [3.63, 3.8) is 0 Å². The van der Waals surface area contributed by atoms with Crippen molar-refractivity contribution >= 4 is 0 Å². The third-order valence-electron chi connectivity index (χ3n) is 2.60. The SMILES string of the molecule is CC(O)C(C)c1nc(-c2cncn2C)no1. The Morgan fingerprint density at radius 1 is 1.44 bits per heavy atom. The van der Waals surface area contributed by atoms with Crippen LogP contribution < -0.4 is 0 Å². The lowest BCUT2D eigenvalue weighted by Gasteiger charge is -2.07. The molecule has 16 heavy (non-hydrogen) atoms. The van der Waals surface area contributed by atoms with Crippen molar-refractivity contribution in [2.24, 2.45) is 7.05 Å². The molecule has 0 radical (unpaired) electrons. The van der Waals surface area contributed by atoms with Gasteiger partial charge < -0.3 is 14.2 Å². The molecule has 2 aromatic rings. The molecule has 0 aliphatic rings. The van der Waals surface area contributed by atoms with E-state index in [0.717, 1.165) is 5.69 Å². The molecule has 6 nitrogen and oxygen atoms in total. The largest absolute Gasteiger partial charge is 0.393 e. The molecule has 2 rings (SSSR count). The Hall–Kier alpha value is -1.69. The molecular weight excluding hydrogens is 208 g/mol. The summed E-state index contributed by atoms with van der Waals surface area (Å²) in [5.74, 6) is 0.753. The van der Waals surface area contributed by atoms with E-state index in [1.807, 2.05) is 18.5 Å². The number of imidazole rings is 1. The number of aliphatic hydroxyl groups is 1. The van der Waals surface area contributed by atoms with Crippen LogP contribution in [0.3, 0.4) is 0 Å². The smallest absolute Gasteiger partial charge is 0.232 e. The van der Waals surface area contributed by atoms with E-state index >= 15 is 0 Å². The Morgan fingerprint density at radius 3 is 2.75 bits per heavy atom. The molecule has 2 aromatic heterocycles. The Bertz CT molecular complexity index is 475. The zero-order chi connectivity index (χ0) is 11.7. The molecule has 0 saturated carbocycles. The minimum absolute atomic E-state index is 0.172. The van der Waals surface area contributed by atoms with Crippen molar-refractivity contribution in [3.05, 3.63) is 18.4 Å². The minimum Gasteiger partial charge on any atom is -0.393 e. The van der Waals surface area contributed by atoms with Gasteiger partial charge in [-0.1, -0.05) is 12.1 Å². The molecular formula is C10H14N4O2. The minimum atomic E-state index is -0.514. The van der Waals surface area contributed by atoms with Crippen LogP contribution in [0.15, 0.2) is 17.0 Å². The van der Waals surface area contributed by atoms with Crippen LogP contribution >= 0.6 is 0 Å². The average Bonchev–Trinajstić information content (AvgIpc) is 2.84. The molecule has 0 aromatic carbocycles. The summed E-state index contributed by atoms with van der Waals surface area (Å²) in [5.41, 5.74) is 0.785. The van der Waals surface area contributed by atoms with Gasteiger partial charge in [0.05, 0.1) is 24.5 Å². The quantitative estimate of drug-likeness (QED) is 0.836. The molecule has 0 amide bonds. The summed E-state index contributed by atoms with van der Waals surface area (Å²) in [6.45, 7) is 3.53. The van der Waals surface area contributed by atoms with E-state index in [2.05, 4.69) is 15.1 Å². The zero-order valence-electron chi connectivity index (χ0n) is 9.45. The summed E-state index contributed by atoms with van der Waals surface area (Å²) in [5, 5.41) is 13.3. The molecule has 6 heteroatoms. The molecule has 1 N–H and O–H groups in total. The second-order valence-electron chi connectivity index (χ2n) is 3.88. The highest BCUT2D eigenvalue weighted by Crippen LogP contribution is 2.20. The van der Waals surface area contributed by atoms with Crippen LogP contribution in [0, 0.1) is 0 Å². The van der Waals surface area contributed by atoms with E-state index in [0.29, 0.717) is 11.7 Å². The maximum Gasteiger partial charge on any atom is 0.232 e. The number of hydrogen-bond donors (Lipinski definition) is 1. The van der Waals surface area contributed by atoms with Crippen molar-refractivity contribution in [2.45, 2.75) is 25.9 Å². The van der Waals surface area contributed by atoms with Crippen LogP contribution in [-0.2, 0) is 7.05 Å². The van der Waals surface area contributed by atoms with Crippen molar-refractivity contribution in [2.75, 3.05) is 0 Å². The number of rotatable bonds is 3. The molecule has 2 heterocycles.